The Balaban J connectivity index is 1.99. The largest absolute Gasteiger partial charge is 0.344 e. The number of pyridine rings is 1. The van der Waals surface area contributed by atoms with E-state index in [9.17, 15) is 9.59 Å². The first-order valence-corrected chi connectivity index (χ1v) is 6.22. The first-order chi connectivity index (χ1) is 9.15. The second-order valence-electron chi connectivity index (χ2n) is 4.41. The summed E-state index contributed by atoms with van der Waals surface area (Å²) in [6, 6.07) is 3.44. The monoisotopic (exact) mass is 278 g/mol. The van der Waals surface area contributed by atoms with Gasteiger partial charge in [-0.1, -0.05) is 29.8 Å². The molecule has 2 heterocycles. The summed E-state index contributed by atoms with van der Waals surface area (Å²) in [5, 5.41) is 2.93. The second-order valence-corrected chi connectivity index (χ2v) is 4.80. The summed E-state index contributed by atoms with van der Waals surface area (Å²) in [5.41, 5.74) is 0.0348. The van der Waals surface area contributed by atoms with Crippen LogP contribution in [-0.2, 0) is 0 Å². The minimum absolute atomic E-state index is 0.00563. The lowest BCUT2D eigenvalue weighted by molar-refractivity contribution is 0.425. The number of hydrogen-bond donors (Lipinski definition) is 2. The van der Waals surface area contributed by atoms with Crippen molar-refractivity contribution in [3.63, 3.8) is 0 Å². The summed E-state index contributed by atoms with van der Waals surface area (Å²) in [5.74, 6) is -0.00563. The van der Waals surface area contributed by atoms with Crippen molar-refractivity contribution in [2.45, 2.75) is 18.4 Å². The van der Waals surface area contributed by atoms with Gasteiger partial charge in [0.2, 0.25) is 0 Å². The van der Waals surface area contributed by atoms with E-state index >= 15 is 0 Å². The number of nitrogens with one attached hydrogen (secondary N) is 2. The molecule has 7 heteroatoms. The molecule has 1 aliphatic rings. The number of hydrogen-bond acceptors (Lipinski definition) is 3. The Morgan fingerprint density at radius 3 is 2.84 bits per heavy atom. The smallest absolute Gasteiger partial charge is 0.257 e. The highest BCUT2D eigenvalue weighted by atomic mass is 35.5. The molecule has 0 aromatic carbocycles. The molecule has 2 aromatic heterocycles. The van der Waals surface area contributed by atoms with Crippen LogP contribution < -0.4 is 11.4 Å². The van der Waals surface area contributed by atoms with E-state index < -0.39 is 11.4 Å². The van der Waals surface area contributed by atoms with E-state index in [-0.39, 0.29) is 12.0 Å². The standard InChI is InChI=1S/C12H11ClN4O2/c13-10-5-4-7(6-14-10)8-2-1-3-9(8)17-12(19)15-11(18)16-17/h1-2,4-6,8-9H,3H2,(H2,15,16,18,19)/t8-,9+/m1/s1. The molecule has 0 bridgehead atoms. The fraction of sp³-hybridized carbons (Fsp3) is 0.250. The number of allylic oxidation sites excluding steroid dienone is 2. The van der Waals surface area contributed by atoms with Crippen LogP contribution in [0.1, 0.15) is 23.9 Å². The minimum Gasteiger partial charge on any atom is -0.257 e. The maximum absolute atomic E-state index is 11.7. The molecule has 2 aromatic rings. The van der Waals surface area contributed by atoms with Gasteiger partial charge in [0.05, 0.1) is 6.04 Å². The summed E-state index contributed by atoms with van der Waals surface area (Å²) in [7, 11) is 0. The van der Waals surface area contributed by atoms with Crippen molar-refractivity contribution in [3.8, 4) is 0 Å². The zero-order valence-electron chi connectivity index (χ0n) is 9.84. The van der Waals surface area contributed by atoms with Crippen molar-refractivity contribution in [1.29, 1.82) is 0 Å². The third-order valence-electron chi connectivity index (χ3n) is 3.26. The van der Waals surface area contributed by atoms with Crippen molar-refractivity contribution in [2.75, 3.05) is 0 Å². The third-order valence-corrected chi connectivity index (χ3v) is 3.49. The van der Waals surface area contributed by atoms with Crippen molar-refractivity contribution in [3.05, 3.63) is 62.2 Å². The fourth-order valence-electron chi connectivity index (χ4n) is 2.40. The number of aromatic nitrogens is 4. The van der Waals surface area contributed by atoms with Gasteiger partial charge in [0.15, 0.2) is 0 Å². The molecule has 0 fully saturated rings. The van der Waals surface area contributed by atoms with Crippen molar-refractivity contribution in [2.24, 2.45) is 0 Å². The topological polar surface area (TPSA) is 83.5 Å². The SMILES string of the molecule is O=c1[nH]c(=O)n([C@H]2CC=C[C@@H]2c2ccc(Cl)nc2)[nH]1. The van der Waals surface area contributed by atoms with Gasteiger partial charge in [0.1, 0.15) is 5.15 Å². The lowest BCUT2D eigenvalue weighted by Gasteiger charge is -2.19. The Morgan fingerprint density at radius 2 is 2.21 bits per heavy atom. The molecule has 2 atom stereocenters. The Morgan fingerprint density at radius 1 is 1.37 bits per heavy atom. The van der Waals surface area contributed by atoms with Crippen LogP contribution in [-0.4, -0.2) is 19.7 Å². The number of aromatic amines is 2. The van der Waals surface area contributed by atoms with E-state index in [1.54, 1.807) is 12.3 Å². The quantitative estimate of drug-likeness (QED) is 0.639. The first-order valence-electron chi connectivity index (χ1n) is 5.84. The molecule has 6 nitrogen and oxygen atoms in total. The highest BCUT2D eigenvalue weighted by Crippen LogP contribution is 2.36. The van der Waals surface area contributed by atoms with E-state index in [1.807, 2.05) is 18.2 Å². The van der Waals surface area contributed by atoms with Gasteiger partial charge >= 0.3 is 11.4 Å². The Kier molecular flexibility index (Phi) is 2.87. The van der Waals surface area contributed by atoms with Crippen LogP contribution in [0, 0.1) is 0 Å². The minimum atomic E-state index is -0.495. The molecule has 0 unspecified atom stereocenters. The van der Waals surface area contributed by atoms with Gasteiger partial charge < -0.3 is 0 Å². The molecule has 0 spiro atoms. The average molecular weight is 279 g/mol. The maximum Gasteiger partial charge on any atom is 0.344 e. The highest BCUT2D eigenvalue weighted by molar-refractivity contribution is 6.29. The predicted molar refractivity (Wildman–Crippen MR) is 70.5 cm³/mol. The maximum atomic E-state index is 11.7. The molecule has 0 saturated carbocycles. The number of nitrogens with zero attached hydrogens (tertiary/aromatic N) is 2. The molecule has 98 valence electrons. The molecule has 19 heavy (non-hydrogen) atoms. The van der Waals surface area contributed by atoms with E-state index in [4.69, 9.17) is 11.6 Å². The van der Waals surface area contributed by atoms with Gasteiger partial charge in [0.25, 0.3) is 0 Å². The summed E-state index contributed by atoms with van der Waals surface area (Å²) >= 11 is 5.76. The second kappa shape index (κ2) is 4.55. The summed E-state index contributed by atoms with van der Waals surface area (Å²) in [6.45, 7) is 0. The van der Waals surface area contributed by atoms with Crippen molar-refractivity contribution in [1.82, 2.24) is 19.7 Å². The van der Waals surface area contributed by atoms with Crippen LogP contribution >= 0.6 is 11.6 Å². The molecular weight excluding hydrogens is 268 g/mol. The van der Waals surface area contributed by atoms with E-state index in [0.29, 0.717) is 11.6 Å². The van der Waals surface area contributed by atoms with E-state index in [0.717, 1.165) is 5.56 Å². The molecule has 0 radical (unpaired) electrons. The first kappa shape index (κ1) is 12.0. The Labute approximate surface area is 112 Å². The number of rotatable bonds is 2. The van der Waals surface area contributed by atoms with E-state index in [2.05, 4.69) is 15.1 Å². The molecule has 0 saturated heterocycles. The van der Waals surface area contributed by atoms with Crippen LogP contribution in [0.25, 0.3) is 0 Å². The molecule has 3 rings (SSSR count). The zero-order chi connectivity index (χ0) is 13.4. The van der Waals surface area contributed by atoms with Gasteiger partial charge in [-0.3, -0.25) is 4.98 Å². The molecule has 0 amide bonds. The van der Waals surface area contributed by atoms with Crippen LogP contribution in [0.3, 0.4) is 0 Å². The van der Waals surface area contributed by atoms with Gasteiger partial charge in [-0.25, -0.2) is 24.4 Å². The number of halogens is 1. The van der Waals surface area contributed by atoms with E-state index in [1.165, 1.54) is 4.68 Å². The summed E-state index contributed by atoms with van der Waals surface area (Å²) < 4.78 is 1.33. The normalized spacial score (nSPS) is 21.9. The molecular formula is C12H11ClN4O2. The van der Waals surface area contributed by atoms with Crippen LogP contribution in [0.5, 0.6) is 0 Å². The lowest BCUT2D eigenvalue weighted by atomic mass is 9.96. The highest BCUT2D eigenvalue weighted by Gasteiger charge is 2.28. The third kappa shape index (κ3) is 2.15. The predicted octanol–water partition coefficient (Wildman–Crippen LogP) is 1.20. The van der Waals surface area contributed by atoms with Crippen molar-refractivity contribution < 1.29 is 0 Å². The molecule has 0 aliphatic heterocycles. The fourth-order valence-corrected chi connectivity index (χ4v) is 2.51. The molecule has 2 N–H and O–H groups in total. The Hall–Kier alpha value is -2.08. The van der Waals surface area contributed by atoms with Crippen molar-refractivity contribution >= 4 is 11.6 Å². The van der Waals surface area contributed by atoms with Crippen LogP contribution in [0.4, 0.5) is 0 Å². The lowest BCUT2D eigenvalue weighted by Crippen LogP contribution is -2.25. The van der Waals surface area contributed by atoms with Gasteiger partial charge in [-0.05, 0) is 18.1 Å². The number of H-pyrrole nitrogens is 2. The van der Waals surface area contributed by atoms with Gasteiger partial charge in [-0.2, -0.15) is 0 Å². The van der Waals surface area contributed by atoms with Gasteiger partial charge in [0, 0.05) is 12.1 Å². The molecule has 1 aliphatic carbocycles. The van der Waals surface area contributed by atoms with Crippen LogP contribution in [0.2, 0.25) is 5.15 Å². The summed E-state index contributed by atoms with van der Waals surface area (Å²) in [6.07, 6.45) is 6.36. The zero-order valence-corrected chi connectivity index (χ0v) is 10.6. The Bertz CT molecular complexity index is 725. The van der Waals surface area contributed by atoms with Gasteiger partial charge in [-0.15, -0.1) is 0 Å². The average Bonchev–Trinajstić information content (AvgIpc) is 2.96. The van der Waals surface area contributed by atoms with Crippen LogP contribution in [0.15, 0.2) is 40.1 Å². The summed E-state index contributed by atoms with van der Waals surface area (Å²) in [4.78, 5) is 29.1.